The summed E-state index contributed by atoms with van der Waals surface area (Å²) in [7, 11) is 5.06. The smallest absolute Gasteiger partial charge is 0.408 e. The van der Waals surface area contributed by atoms with Gasteiger partial charge in [0, 0.05) is 61.7 Å². The molecule has 1 amide bonds. The van der Waals surface area contributed by atoms with E-state index in [9.17, 15) is 14.7 Å². The van der Waals surface area contributed by atoms with Crippen molar-refractivity contribution < 1.29 is 23.8 Å². The van der Waals surface area contributed by atoms with Gasteiger partial charge in [-0.15, -0.1) is 10.2 Å². The molecule has 212 valence electrons. The monoisotopic (exact) mass is 551 g/mol. The van der Waals surface area contributed by atoms with E-state index in [4.69, 9.17) is 9.47 Å². The Hall–Kier alpha value is -3.99. The van der Waals surface area contributed by atoms with Gasteiger partial charge in [-0.1, -0.05) is 0 Å². The lowest BCUT2D eigenvalue weighted by Gasteiger charge is -2.51. The van der Waals surface area contributed by atoms with Gasteiger partial charge in [0.25, 0.3) is 5.56 Å². The number of carboxylic acid groups (broad SMARTS) is 1. The van der Waals surface area contributed by atoms with E-state index >= 15 is 4.39 Å². The Bertz CT molecular complexity index is 1480. The maximum absolute atomic E-state index is 15.3. The first kappa shape index (κ1) is 27.6. The number of fused-ring (bicyclic) bond motifs is 2. The summed E-state index contributed by atoms with van der Waals surface area (Å²) in [5.41, 5.74) is 0.357. The molecule has 1 aromatic carbocycles. The van der Waals surface area contributed by atoms with E-state index in [2.05, 4.69) is 15.1 Å². The van der Waals surface area contributed by atoms with Crippen molar-refractivity contribution in [1.82, 2.24) is 19.7 Å². The summed E-state index contributed by atoms with van der Waals surface area (Å²) in [6.45, 7) is 3.98. The van der Waals surface area contributed by atoms with Crippen molar-refractivity contribution in [3.63, 3.8) is 0 Å². The van der Waals surface area contributed by atoms with Crippen molar-refractivity contribution in [3.8, 4) is 28.1 Å². The predicted octanol–water partition coefficient (Wildman–Crippen LogP) is 4.52. The van der Waals surface area contributed by atoms with Crippen LogP contribution in [-0.2, 0) is 11.8 Å². The molecule has 0 unspecified atom stereocenters. The Labute approximate surface area is 232 Å². The zero-order valence-electron chi connectivity index (χ0n) is 23.3. The van der Waals surface area contributed by atoms with Crippen LogP contribution in [0.2, 0.25) is 0 Å². The van der Waals surface area contributed by atoms with Gasteiger partial charge >= 0.3 is 6.09 Å². The molecular formula is C29H34FN5O5. The van der Waals surface area contributed by atoms with Crippen molar-refractivity contribution in [1.29, 1.82) is 0 Å². The number of aromatic nitrogens is 3. The molecule has 0 saturated carbocycles. The lowest BCUT2D eigenvalue weighted by atomic mass is 9.82. The highest BCUT2D eigenvalue weighted by atomic mass is 19.1. The van der Waals surface area contributed by atoms with Gasteiger partial charge in [0.05, 0.1) is 5.69 Å². The van der Waals surface area contributed by atoms with Gasteiger partial charge in [0.15, 0.2) is 12.6 Å². The summed E-state index contributed by atoms with van der Waals surface area (Å²) in [5, 5.41) is 18.7. The largest absolute Gasteiger partial charge is 0.467 e. The third kappa shape index (κ3) is 4.78. The number of carbonyl (C=O) groups is 1. The van der Waals surface area contributed by atoms with Crippen LogP contribution >= 0.6 is 0 Å². The fraction of sp³-hybridized carbons (Fsp3) is 0.448. The highest BCUT2D eigenvalue weighted by molar-refractivity contribution is 5.75. The summed E-state index contributed by atoms with van der Waals surface area (Å²) in [4.78, 5) is 27.9. The van der Waals surface area contributed by atoms with Crippen LogP contribution in [-0.4, -0.2) is 68.9 Å². The molecule has 0 spiro atoms. The third-order valence-corrected chi connectivity index (χ3v) is 8.48. The molecule has 11 heteroatoms. The maximum atomic E-state index is 15.3. The first-order valence-corrected chi connectivity index (χ1v) is 13.2. The summed E-state index contributed by atoms with van der Waals surface area (Å²) in [5.74, 6) is 0.451. The Balaban J connectivity index is 1.43. The molecule has 2 aliphatic rings. The first-order valence-electron chi connectivity index (χ1n) is 13.2. The number of anilines is 1. The van der Waals surface area contributed by atoms with Crippen LogP contribution in [0.5, 0.6) is 5.75 Å². The van der Waals surface area contributed by atoms with E-state index < -0.39 is 23.0 Å². The zero-order valence-corrected chi connectivity index (χ0v) is 23.3. The van der Waals surface area contributed by atoms with E-state index in [0.29, 0.717) is 41.2 Å². The van der Waals surface area contributed by atoms with Crippen LogP contribution in [0.1, 0.15) is 39.5 Å². The molecule has 2 fully saturated rings. The quantitative estimate of drug-likeness (QED) is 0.427. The van der Waals surface area contributed by atoms with E-state index in [-0.39, 0.29) is 24.0 Å². The van der Waals surface area contributed by atoms with E-state index in [0.717, 1.165) is 12.8 Å². The van der Waals surface area contributed by atoms with Gasteiger partial charge in [-0.3, -0.25) is 9.69 Å². The number of halogens is 1. The topological polar surface area (TPSA) is 110 Å². The molecule has 2 saturated heterocycles. The SMILES string of the molecule is COCOc1cc(-c2ccn(C)c(=O)c2)c(F)cc1-c1ccc(N(C)[C@H]2C[C@]3(C)CC[C@](C)(C2)N3C(=O)O)nn1. The normalized spacial score (nSPS) is 23.8. The number of aryl methyl sites for hydroxylation is 1. The Morgan fingerprint density at radius 2 is 1.82 bits per heavy atom. The molecule has 4 heterocycles. The van der Waals surface area contributed by atoms with E-state index in [1.165, 1.54) is 29.9 Å². The molecular weight excluding hydrogens is 517 g/mol. The van der Waals surface area contributed by atoms with Gasteiger partial charge in [-0.05, 0) is 75.4 Å². The van der Waals surface area contributed by atoms with Crippen molar-refractivity contribution in [3.05, 3.63) is 58.8 Å². The van der Waals surface area contributed by atoms with Crippen molar-refractivity contribution >= 4 is 11.9 Å². The number of ether oxygens (including phenoxy) is 2. The fourth-order valence-corrected chi connectivity index (χ4v) is 6.40. The number of rotatable bonds is 7. The van der Waals surface area contributed by atoms with E-state index in [1.54, 1.807) is 30.3 Å². The highest BCUT2D eigenvalue weighted by Crippen LogP contribution is 2.51. The van der Waals surface area contributed by atoms with Crippen LogP contribution in [0.4, 0.5) is 15.0 Å². The lowest BCUT2D eigenvalue weighted by molar-refractivity contribution is 0.0131. The minimum absolute atomic E-state index is 0.0601. The number of piperidine rings is 1. The molecule has 2 aliphatic heterocycles. The number of hydrogen-bond acceptors (Lipinski definition) is 7. The summed E-state index contributed by atoms with van der Waals surface area (Å²) in [6.07, 6.45) is 3.76. The average Bonchev–Trinajstić information content (AvgIpc) is 3.09. The Kier molecular flexibility index (Phi) is 7.03. The minimum atomic E-state index is -0.868. The molecule has 2 bridgehead atoms. The van der Waals surface area contributed by atoms with Crippen LogP contribution in [0.25, 0.3) is 22.4 Å². The lowest BCUT2D eigenvalue weighted by Crippen LogP contribution is -2.62. The molecule has 1 N–H and O–H groups in total. The fourth-order valence-electron chi connectivity index (χ4n) is 6.40. The van der Waals surface area contributed by atoms with Gasteiger partial charge < -0.3 is 24.0 Å². The van der Waals surface area contributed by atoms with E-state index in [1.807, 2.05) is 27.0 Å². The molecule has 40 heavy (non-hydrogen) atoms. The van der Waals surface area contributed by atoms with Crippen molar-refractivity contribution in [2.75, 3.05) is 25.9 Å². The van der Waals surface area contributed by atoms with Crippen LogP contribution in [0.15, 0.2) is 47.4 Å². The average molecular weight is 552 g/mol. The maximum Gasteiger partial charge on any atom is 0.408 e. The van der Waals surface area contributed by atoms with Crippen molar-refractivity contribution in [2.45, 2.75) is 56.7 Å². The number of pyridine rings is 1. The number of nitrogens with zero attached hydrogens (tertiary/aromatic N) is 5. The number of methoxy groups -OCH3 is 1. The summed E-state index contributed by atoms with van der Waals surface area (Å²) >= 11 is 0. The number of hydrogen-bond donors (Lipinski definition) is 1. The van der Waals surface area contributed by atoms with Crippen LogP contribution < -0.4 is 15.2 Å². The minimum Gasteiger partial charge on any atom is -0.467 e. The second-order valence-electron chi connectivity index (χ2n) is 11.3. The third-order valence-electron chi connectivity index (χ3n) is 8.48. The van der Waals surface area contributed by atoms with Gasteiger partial charge in [-0.25, -0.2) is 9.18 Å². The summed E-state index contributed by atoms with van der Waals surface area (Å²) in [6, 6.07) is 9.57. The standard InChI is InChI=1S/C29H34FN5O5/c1-28-9-10-29(2,35(28)27(37)38)16-19(15-28)34(4)25-7-6-23(31-32-25)21-13-22(30)20(14-24(21)40-17-39-5)18-8-11-33(3)26(36)12-18/h6-8,11-14,19H,9-10,15-17H2,1-5H3,(H,37,38)/t19-,28-,29+. The second kappa shape index (κ2) is 10.2. The molecule has 5 rings (SSSR count). The van der Waals surface area contributed by atoms with Crippen LogP contribution in [0.3, 0.4) is 0 Å². The van der Waals surface area contributed by atoms with Gasteiger partial charge in [-0.2, -0.15) is 0 Å². The summed E-state index contributed by atoms with van der Waals surface area (Å²) < 4.78 is 27.6. The first-order chi connectivity index (χ1) is 19.0. The molecule has 0 aliphatic carbocycles. The Morgan fingerprint density at radius 1 is 1.12 bits per heavy atom. The Morgan fingerprint density at radius 3 is 2.40 bits per heavy atom. The van der Waals surface area contributed by atoms with Gasteiger partial charge in [0.1, 0.15) is 11.6 Å². The molecule has 3 atom stereocenters. The van der Waals surface area contributed by atoms with Gasteiger partial charge in [0.2, 0.25) is 0 Å². The predicted molar refractivity (Wildman–Crippen MR) is 148 cm³/mol. The highest BCUT2D eigenvalue weighted by Gasteiger charge is 2.58. The molecule has 10 nitrogen and oxygen atoms in total. The number of benzene rings is 1. The zero-order chi connectivity index (χ0) is 28.8. The van der Waals surface area contributed by atoms with Crippen molar-refractivity contribution in [2.24, 2.45) is 7.05 Å². The molecule has 3 aromatic rings. The number of amides is 1. The van der Waals surface area contributed by atoms with Crippen LogP contribution in [0, 0.1) is 5.82 Å². The second-order valence-corrected chi connectivity index (χ2v) is 11.3. The molecule has 0 radical (unpaired) electrons. The molecule has 2 aromatic heterocycles.